The first kappa shape index (κ1) is 16.5. The summed E-state index contributed by atoms with van der Waals surface area (Å²) in [6.45, 7) is 3.62. The van der Waals surface area contributed by atoms with Crippen LogP contribution in [0, 0.1) is 13.8 Å². The summed E-state index contributed by atoms with van der Waals surface area (Å²) in [7, 11) is 0. The Balaban J connectivity index is 1.74. The van der Waals surface area contributed by atoms with E-state index in [1.807, 2.05) is 17.5 Å². The number of thiophene rings is 1. The summed E-state index contributed by atoms with van der Waals surface area (Å²) in [5, 5.41) is 19.6. The van der Waals surface area contributed by atoms with Crippen molar-refractivity contribution in [1.29, 1.82) is 0 Å². The quantitative estimate of drug-likeness (QED) is 0.716. The number of aliphatic hydroxyl groups is 1. The Labute approximate surface area is 143 Å². The smallest absolute Gasteiger partial charge is 0.224 e. The van der Waals surface area contributed by atoms with Crippen molar-refractivity contribution in [1.82, 2.24) is 10.5 Å². The van der Waals surface area contributed by atoms with E-state index in [4.69, 9.17) is 8.94 Å². The first-order valence-corrected chi connectivity index (χ1v) is 8.36. The molecule has 3 rings (SSSR count). The van der Waals surface area contributed by atoms with E-state index in [1.165, 1.54) is 23.9 Å². The Kier molecular flexibility index (Phi) is 4.55. The van der Waals surface area contributed by atoms with Gasteiger partial charge in [-0.2, -0.15) is 0 Å². The SMILES string of the molecule is Cc1noc(C)c1CC(=O)NC[C@](O)(c1ccoc1)c1cccs1. The lowest BCUT2D eigenvalue weighted by Crippen LogP contribution is -2.41. The molecule has 0 spiro atoms. The van der Waals surface area contributed by atoms with Gasteiger partial charge in [-0.15, -0.1) is 11.3 Å². The van der Waals surface area contributed by atoms with E-state index in [0.29, 0.717) is 17.0 Å². The minimum absolute atomic E-state index is 0.0508. The molecule has 0 aliphatic rings. The number of hydrogen-bond acceptors (Lipinski definition) is 6. The summed E-state index contributed by atoms with van der Waals surface area (Å²) in [6.07, 6.45) is 3.15. The number of carbonyl (C=O) groups excluding carboxylic acids is 1. The Morgan fingerprint density at radius 1 is 1.42 bits per heavy atom. The molecule has 0 aliphatic carbocycles. The first-order valence-electron chi connectivity index (χ1n) is 7.48. The van der Waals surface area contributed by atoms with Crippen molar-refractivity contribution in [3.05, 3.63) is 63.6 Å². The molecule has 0 radical (unpaired) electrons. The molecule has 3 aromatic rings. The highest BCUT2D eigenvalue weighted by atomic mass is 32.1. The molecule has 3 heterocycles. The van der Waals surface area contributed by atoms with Crippen LogP contribution in [0.25, 0.3) is 0 Å². The first-order chi connectivity index (χ1) is 11.5. The molecule has 6 nitrogen and oxygen atoms in total. The largest absolute Gasteiger partial charge is 0.472 e. The van der Waals surface area contributed by atoms with Crippen molar-refractivity contribution in [3.63, 3.8) is 0 Å². The molecule has 126 valence electrons. The normalized spacial score (nSPS) is 13.6. The summed E-state index contributed by atoms with van der Waals surface area (Å²) in [5.41, 5.74) is 0.749. The zero-order valence-electron chi connectivity index (χ0n) is 13.4. The van der Waals surface area contributed by atoms with Gasteiger partial charge in [0.05, 0.1) is 31.2 Å². The van der Waals surface area contributed by atoms with Gasteiger partial charge in [0.1, 0.15) is 11.4 Å². The third kappa shape index (κ3) is 3.13. The molecular formula is C17H18N2O4S. The van der Waals surface area contributed by atoms with Crippen molar-refractivity contribution < 1.29 is 18.8 Å². The zero-order valence-corrected chi connectivity index (χ0v) is 14.2. The van der Waals surface area contributed by atoms with Crippen molar-refractivity contribution in [2.45, 2.75) is 25.9 Å². The molecule has 0 saturated carbocycles. The third-order valence-electron chi connectivity index (χ3n) is 3.99. The van der Waals surface area contributed by atoms with Gasteiger partial charge in [-0.05, 0) is 31.4 Å². The molecule has 0 unspecified atom stereocenters. The zero-order chi connectivity index (χ0) is 17.2. The van der Waals surface area contributed by atoms with Crippen LogP contribution in [0.1, 0.15) is 27.5 Å². The number of amides is 1. The van der Waals surface area contributed by atoms with Gasteiger partial charge < -0.3 is 19.4 Å². The number of nitrogens with one attached hydrogen (secondary N) is 1. The molecule has 0 bridgehead atoms. The Morgan fingerprint density at radius 3 is 2.83 bits per heavy atom. The lowest BCUT2D eigenvalue weighted by Gasteiger charge is -2.26. The van der Waals surface area contributed by atoms with Gasteiger partial charge >= 0.3 is 0 Å². The molecular weight excluding hydrogens is 328 g/mol. The van der Waals surface area contributed by atoms with E-state index in [2.05, 4.69) is 10.5 Å². The van der Waals surface area contributed by atoms with Gasteiger partial charge in [-0.25, -0.2) is 0 Å². The minimum atomic E-state index is -1.32. The van der Waals surface area contributed by atoms with Crippen LogP contribution in [0.15, 0.2) is 45.0 Å². The van der Waals surface area contributed by atoms with Crippen molar-refractivity contribution >= 4 is 17.2 Å². The fourth-order valence-electron chi connectivity index (χ4n) is 2.55. The van der Waals surface area contributed by atoms with Gasteiger partial charge in [-0.1, -0.05) is 11.2 Å². The number of nitrogens with zero attached hydrogens (tertiary/aromatic N) is 1. The Hall–Kier alpha value is -2.38. The second-order valence-corrected chi connectivity index (χ2v) is 6.55. The maximum atomic E-state index is 12.3. The highest BCUT2D eigenvalue weighted by Crippen LogP contribution is 2.32. The minimum Gasteiger partial charge on any atom is -0.472 e. The molecule has 3 aromatic heterocycles. The maximum Gasteiger partial charge on any atom is 0.224 e. The number of aromatic nitrogens is 1. The average Bonchev–Trinajstić information content (AvgIpc) is 3.31. The lowest BCUT2D eigenvalue weighted by molar-refractivity contribution is -0.121. The number of aryl methyl sites for hydroxylation is 2. The predicted octanol–water partition coefficient (Wildman–Crippen LogP) is 2.54. The average molecular weight is 346 g/mol. The van der Waals surface area contributed by atoms with Crippen LogP contribution in [-0.4, -0.2) is 22.7 Å². The molecule has 7 heteroatoms. The molecule has 1 atom stereocenters. The van der Waals surface area contributed by atoms with E-state index in [9.17, 15) is 9.90 Å². The van der Waals surface area contributed by atoms with Crippen molar-refractivity contribution in [3.8, 4) is 0 Å². The fraction of sp³-hybridized carbons (Fsp3) is 0.294. The molecule has 0 aliphatic heterocycles. The molecule has 2 N–H and O–H groups in total. The Morgan fingerprint density at radius 2 is 2.25 bits per heavy atom. The molecule has 1 amide bonds. The van der Waals surface area contributed by atoms with Crippen LogP contribution in [-0.2, 0) is 16.8 Å². The fourth-order valence-corrected chi connectivity index (χ4v) is 3.39. The van der Waals surface area contributed by atoms with Crippen molar-refractivity contribution in [2.24, 2.45) is 0 Å². The van der Waals surface area contributed by atoms with Crippen LogP contribution >= 0.6 is 11.3 Å². The highest BCUT2D eigenvalue weighted by Gasteiger charge is 2.34. The van der Waals surface area contributed by atoms with Crippen LogP contribution < -0.4 is 5.32 Å². The van der Waals surface area contributed by atoms with Gasteiger partial charge in [0.25, 0.3) is 0 Å². The summed E-state index contributed by atoms with van der Waals surface area (Å²) in [4.78, 5) is 13.0. The summed E-state index contributed by atoms with van der Waals surface area (Å²) in [5.74, 6) is 0.425. The van der Waals surface area contributed by atoms with Gasteiger partial charge in [0, 0.05) is 16.0 Å². The lowest BCUT2D eigenvalue weighted by atomic mass is 9.94. The number of furan rings is 1. The third-order valence-corrected chi connectivity index (χ3v) is 5.01. The molecule has 0 aromatic carbocycles. The summed E-state index contributed by atoms with van der Waals surface area (Å²) in [6, 6.07) is 5.38. The standard InChI is InChI=1S/C17H18N2O4S/c1-11-14(12(2)23-19-11)8-16(20)18-10-17(21,13-5-6-22-9-13)15-4-3-7-24-15/h3-7,9,21H,8,10H2,1-2H3,(H,18,20)/t17-/m0/s1. The highest BCUT2D eigenvalue weighted by molar-refractivity contribution is 7.10. The second kappa shape index (κ2) is 6.62. The molecule has 24 heavy (non-hydrogen) atoms. The van der Waals surface area contributed by atoms with E-state index in [0.717, 1.165) is 10.4 Å². The number of hydrogen-bond donors (Lipinski definition) is 2. The van der Waals surface area contributed by atoms with Crippen molar-refractivity contribution in [2.75, 3.05) is 6.54 Å². The van der Waals surface area contributed by atoms with Crippen LogP contribution in [0.2, 0.25) is 0 Å². The van der Waals surface area contributed by atoms with E-state index >= 15 is 0 Å². The predicted molar refractivity (Wildman–Crippen MR) is 88.7 cm³/mol. The van der Waals surface area contributed by atoms with E-state index < -0.39 is 5.60 Å². The Bertz CT molecular complexity index is 752. The van der Waals surface area contributed by atoms with Gasteiger partial charge in [-0.3, -0.25) is 4.79 Å². The number of rotatable bonds is 6. The van der Waals surface area contributed by atoms with Gasteiger partial charge in [0.15, 0.2) is 0 Å². The van der Waals surface area contributed by atoms with Crippen LogP contribution in [0.4, 0.5) is 0 Å². The van der Waals surface area contributed by atoms with Crippen LogP contribution in [0.5, 0.6) is 0 Å². The summed E-state index contributed by atoms with van der Waals surface area (Å²) < 4.78 is 10.2. The maximum absolute atomic E-state index is 12.3. The molecule has 0 fully saturated rings. The summed E-state index contributed by atoms with van der Waals surface area (Å²) >= 11 is 1.42. The van der Waals surface area contributed by atoms with E-state index in [1.54, 1.807) is 19.9 Å². The van der Waals surface area contributed by atoms with Crippen LogP contribution in [0.3, 0.4) is 0 Å². The monoisotopic (exact) mass is 346 g/mol. The van der Waals surface area contributed by atoms with E-state index in [-0.39, 0.29) is 18.9 Å². The van der Waals surface area contributed by atoms with Gasteiger partial charge in [0.2, 0.25) is 5.91 Å². The topological polar surface area (TPSA) is 88.5 Å². The molecule has 0 saturated heterocycles. The second-order valence-electron chi connectivity index (χ2n) is 5.61. The number of carbonyl (C=O) groups is 1.